The van der Waals surface area contributed by atoms with Crippen molar-refractivity contribution in [1.82, 2.24) is 0 Å². The first-order valence-electron chi connectivity index (χ1n) is 9.19. The van der Waals surface area contributed by atoms with Gasteiger partial charge in [-0.15, -0.1) is 0 Å². The molecule has 25 heavy (non-hydrogen) atoms. The van der Waals surface area contributed by atoms with Gasteiger partial charge in [-0.2, -0.15) is 0 Å². The Balaban J connectivity index is 1.68. The van der Waals surface area contributed by atoms with Crippen LogP contribution in [0.1, 0.15) is 50.5 Å². The molecule has 0 spiro atoms. The van der Waals surface area contributed by atoms with Gasteiger partial charge in [0, 0.05) is 0 Å². The highest BCUT2D eigenvalue weighted by Gasteiger charge is 2.39. The van der Waals surface area contributed by atoms with E-state index in [1.807, 2.05) is 13.0 Å². The standard InChI is InChI=1S/C20H27IO4/c1-12(20(23)24-2)19(14-6-7-14)15-8-9-18(16(21)10-15)25-11-17(22)13-4-3-5-13/h8-10,12-14,17,19,22H,3-7,11H2,1-2H3/t12-,17?,19-/m0/s1. The minimum Gasteiger partial charge on any atom is -0.490 e. The lowest BCUT2D eigenvalue weighted by Crippen LogP contribution is -2.31. The minimum absolute atomic E-state index is 0.138. The maximum atomic E-state index is 12.0. The van der Waals surface area contributed by atoms with Crippen LogP contribution >= 0.6 is 22.6 Å². The molecular formula is C20H27IO4. The van der Waals surface area contributed by atoms with Crippen molar-refractivity contribution >= 4 is 28.6 Å². The van der Waals surface area contributed by atoms with Crippen molar-refractivity contribution in [2.45, 2.75) is 51.0 Å². The van der Waals surface area contributed by atoms with Crippen molar-refractivity contribution in [2.24, 2.45) is 17.8 Å². The van der Waals surface area contributed by atoms with Crippen LogP contribution in [-0.2, 0) is 9.53 Å². The Morgan fingerprint density at radius 2 is 2.00 bits per heavy atom. The molecule has 2 aliphatic carbocycles. The van der Waals surface area contributed by atoms with Crippen LogP contribution in [0, 0.1) is 21.3 Å². The molecule has 2 saturated carbocycles. The SMILES string of the molecule is COC(=O)[C@@H](C)[C@H](c1ccc(OCC(O)C2CCC2)c(I)c1)C1CC1. The zero-order valence-corrected chi connectivity index (χ0v) is 17.1. The van der Waals surface area contributed by atoms with Crippen LogP contribution in [-0.4, -0.2) is 30.9 Å². The van der Waals surface area contributed by atoms with Gasteiger partial charge in [0.1, 0.15) is 12.4 Å². The summed E-state index contributed by atoms with van der Waals surface area (Å²) in [7, 11) is 1.46. The van der Waals surface area contributed by atoms with Gasteiger partial charge in [0.2, 0.25) is 0 Å². The third kappa shape index (κ3) is 4.48. The predicted octanol–water partition coefficient (Wildman–Crippen LogP) is 4.13. The van der Waals surface area contributed by atoms with E-state index in [-0.39, 0.29) is 23.9 Å². The number of hydrogen-bond acceptors (Lipinski definition) is 4. The van der Waals surface area contributed by atoms with E-state index in [0.29, 0.717) is 18.4 Å². The molecule has 1 N–H and O–H groups in total. The summed E-state index contributed by atoms with van der Waals surface area (Å²) in [6.45, 7) is 2.31. The van der Waals surface area contributed by atoms with Crippen molar-refractivity contribution in [1.29, 1.82) is 0 Å². The lowest BCUT2D eigenvalue weighted by atomic mass is 9.81. The van der Waals surface area contributed by atoms with E-state index < -0.39 is 0 Å². The van der Waals surface area contributed by atoms with Gasteiger partial charge in [-0.3, -0.25) is 4.79 Å². The molecule has 2 fully saturated rings. The van der Waals surface area contributed by atoms with E-state index >= 15 is 0 Å². The molecule has 0 aliphatic heterocycles. The Kier molecular flexibility index (Phi) is 6.25. The first-order chi connectivity index (χ1) is 12.0. The van der Waals surface area contributed by atoms with E-state index in [0.717, 1.165) is 22.2 Å². The summed E-state index contributed by atoms with van der Waals surface area (Å²) in [6.07, 6.45) is 5.41. The number of esters is 1. The van der Waals surface area contributed by atoms with Crippen LogP contribution in [0.4, 0.5) is 0 Å². The van der Waals surface area contributed by atoms with E-state index in [2.05, 4.69) is 34.7 Å². The van der Waals surface area contributed by atoms with Crippen molar-refractivity contribution < 1.29 is 19.4 Å². The molecule has 1 aromatic carbocycles. The highest BCUT2D eigenvalue weighted by atomic mass is 127. The second-order valence-corrected chi connectivity index (χ2v) is 8.60. The number of carbonyl (C=O) groups excluding carboxylic acids is 1. The van der Waals surface area contributed by atoms with Gasteiger partial charge in [-0.05, 0) is 83.7 Å². The highest BCUT2D eigenvalue weighted by Crippen LogP contribution is 2.47. The van der Waals surface area contributed by atoms with Crippen LogP contribution < -0.4 is 4.74 Å². The number of rotatable bonds is 8. The first kappa shape index (κ1) is 19.0. The number of methoxy groups -OCH3 is 1. The van der Waals surface area contributed by atoms with E-state index in [9.17, 15) is 9.90 Å². The molecule has 3 atom stereocenters. The van der Waals surface area contributed by atoms with Crippen molar-refractivity contribution in [3.05, 3.63) is 27.3 Å². The Hall–Kier alpha value is -0.820. The number of aliphatic hydroxyl groups excluding tert-OH is 1. The van der Waals surface area contributed by atoms with Crippen LogP contribution in [0.25, 0.3) is 0 Å². The van der Waals surface area contributed by atoms with Gasteiger partial charge in [0.15, 0.2) is 0 Å². The Labute approximate surface area is 163 Å². The summed E-state index contributed by atoms with van der Waals surface area (Å²) < 4.78 is 11.8. The topological polar surface area (TPSA) is 55.8 Å². The number of carbonyl (C=O) groups is 1. The Morgan fingerprint density at radius 3 is 2.52 bits per heavy atom. The molecule has 0 saturated heterocycles. The van der Waals surface area contributed by atoms with Gasteiger partial charge in [0.05, 0.1) is 22.7 Å². The summed E-state index contributed by atoms with van der Waals surface area (Å²) in [6, 6.07) is 6.16. The molecule has 5 heteroatoms. The average molecular weight is 458 g/mol. The molecule has 2 aliphatic rings. The number of benzene rings is 1. The average Bonchev–Trinajstić information content (AvgIpc) is 3.36. The Bertz CT molecular complexity index is 610. The maximum absolute atomic E-state index is 12.0. The van der Waals surface area contributed by atoms with E-state index in [4.69, 9.17) is 9.47 Å². The smallest absolute Gasteiger partial charge is 0.309 e. The minimum atomic E-state index is -0.372. The summed E-state index contributed by atoms with van der Waals surface area (Å²) in [4.78, 5) is 12.0. The second-order valence-electron chi connectivity index (χ2n) is 7.43. The number of ether oxygens (including phenoxy) is 2. The van der Waals surface area contributed by atoms with Crippen molar-refractivity contribution in [2.75, 3.05) is 13.7 Å². The van der Waals surface area contributed by atoms with E-state index in [1.54, 1.807) is 0 Å². The number of hydrogen-bond donors (Lipinski definition) is 1. The molecule has 0 radical (unpaired) electrons. The second kappa shape index (κ2) is 8.25. The third-order valence-corrected chi connectivity index (χ3v) is 6.53. The molecule has 1 unspecified atom stereocenters. The van der Waals surface area contributed by atoms with Gasteiger partial charge in [0.25, 0.3) is 0 Å². The fraction of sp³-hybridized carbons (Fsp3) is 0.650. The predicted molar refractivity (Wildman–Crippen MR) is 105 cm³/mol. The van der Waals surface area contributed by atoms with Crippen LogP contribution in [0.5, 0.6) is 5.75 Å². The quantitative estimate of drug-likeness (QED) is 0.470. The van der Waals surface area contributed by atoms with Gasteiger partial charge in [-0.1, -0.05) is 19.4 Å². The van der Waals surface area contributed by atoms with Crippen LogP contribution in [0.3, 0.4) is 0 Å². The van der Waals surface area contributed by atoms with Gasteiger partial charge < -0.3 is 14.6 Å². The zero-order chi connectivity index (χ0) is 18.0. The van der Waals surface area contributed by atoms with Crippen molar-refractivity contribution in [3.8, 4) is 5.75 Å². The summed E-state index contributed by atoms with van der Waals surface area (Å²) in [5.74, 6) is 1.70. The van der Waals surface area contributed by atoms with Crippen molar-refractivity contribution in [3.63, 3.8) is 0 Å². The molecule has 0 bridgehead atoms. The van der Waals surface area contributed by atoms with Gasteiger partial charge >= 0.3 is 5.97 Å². The summed E-state index contributed by atoms with van der Waals surface area (Å²) in [5, 5.41) is 10.1. The molecule has 4 nitrogen and oxygen atoms in total. The fourth-order valence-electron chi connectivity index (χ4n) is 3.73. The van der Waals surface area contributed by atoms with Gasteiger partial charge in [-0.25, -0.2) is 0 Å². The Morgan fingerprint density at radius 1 is 1.28 bits per heavy atom. The number of halogens is 1. The van der Waals surface area contributed by atoms with Crippen LogP contribution in [0.15, 0.2) is 18.2 Å². The normalized spacial score (nSPS) is 21.1. The fourth-order valence-corrected chi connectivity index (χ4v) is 4.43. The van der Waals surface area contributed by atoms with E-state index in [1.165, 1.54) is 31.9 Å². The molecule has 0 amide bonds. The largest absolute Gasteiger partial charge is 0.490 e. The lowest BCUT2D eigenvalue weighted by molar-refractivity contribution is -0.145. The molecule has 3 rings (SSSR count). The number of aliphatic hydroxyl groups is 1. The maximum Gasteiger partial charge on any atom is 0.309 e. The molecular weight excluding hydrogens is 431 g/mol. The lowest BCUT2D eigenvalue weighted by Gasteiger charge is -2.30. The van der Waals surface area contributed by atoms with Crippen LogP contribution in [0.2, 0.25) is 0 Å². The molecule has 0 heterocycles. The summed E-state index contributed by atoms with van der Waals surface area (Å²) >= 11 is 2.28. The summed E-state index contributed by atoms with van der Waals surface area (Å²) in [5.41, 5.74) is 1.18. The molecule has 138 valence electrons. The zero-order valence-electron chi connectivity index (χ0n) is 14.9. The monoisotopic (exact) mass is 458 g/mol. The highest BCUT2D eigenvalue weighted by molar-refractivity contribution is 14.1. The molecule has 0 aromatic heterocycles. The molecule has 1 aromatic rings. The first-order valence-corrected chi connectivity index (χ1v) is 10.3. The third-order valence-electron chi connectivity index (χ3n) is 5.69.